The molecule has 104 valence electrons. The van der Waals surface area contributed by atoms with Crippen molar-refractivity contribution >= 4 is 29.0 Å². The molecule has 1 heterocycles. The Balaban J connectivity index is 2.00. The Kier molecular flexibility index (Phi) is 4.37. The summed E-state index contributed by atoms with van der Waals surface area (Å²) in [6, 6.07) is 8.28. The first-order valence-corrected chi connectivity index (χ1v) is 6.93. The van der Waals surface area contributed by atoms with Crippen LogP contribution in [0.25, 0.3) is 0 Å². The number of rotatable bonds is 4. The average Bonchev–Trinajstić information content (AvgIpc) is 2.91. The van der Waals surface area contributed by atoms with Gasteiger partial charge in [-0.15, -0.1) is 0 Å². The molecule has 3 amide bonds. The topological polar surface area (TPSA) is 75.4 Å². The Hall–Kier alpha value is -2.34. The fourth-order valence-corrected chi connectivity index (χ4v) is 2.36. The first kappa shape index (κ1) is 14.1. The highest BCUT2D eigenvalue weighted by Crippen LogP contribution is 2.12. The number of nitrogens with one attached hydrogen (secondary N) is 1. The molecule has 6 heteroatoms. The predicted octanol–water partition coefficient (Wildman–Crippen LogP) is 2.51. The maximum atomic E-state index is 12.0. The maximum absolute atomic E-state index is 12.0. The van der Waals surface area contributed by atoms with Gasteiger partial charge in [-0.3, -0.25) is 4.79 Å². The van der Waals surface area contributed by atoms with E-state index >= 15 is 0 Å². The number of hydrogen-bond donors (Lipinski definition) is 2. The van der Waals surface area contributed by atoms with Crippen LogP contribution in [0.15, 0.2) is 41.1 Å². The van der Waals surface area contributed by atoms with Crippen molar-refractivity contribution in [2.45, 2.75) is 6.54 Å². The molecule has 0 unspecified atom stereocenters. The Bertz CT molecular complexity index is 611. The van der Waals surface area contributed by atoms with Crippen molar-refractivity contribution in [3.63, 3.8) is 0 Å². The van der Waals surface area contributed by atoms with E-state index in [1.165, 1.54) is 0 Å². The van der Waals surface area contributed by atoms with Crippen LogP contribution < -0.4 is 11.1 Å². The number of amides is 3. The third kappa shape index (κ3) is 3.58. The minimum Gasteiger partial charge on any atom is -0.366 e. The first-order valence-electron chi connectivity index (χ1n) is 5.99. The molecule has 0 spiro atoms. The van der Waals surface area contributed by atoms with E-state index in [1.54, 1.807) is 47.5 Å². The Labute approximate surface area is 121 Å². The molecule has 0 aliphatic carbocycles. The van der Waals surface area contributed by atoms with Gasteiger partial charge in [0.1, 0.15) is 0 Å². The number of anilines is 1. The van der Waals surface area contributed by atoms with Crippen molar-refractivity contribution in [3.8, 4) is 0 Å². The van der Waals surface area contributed by atoms with Crippen molar-refractivity contribution < 1.29 is 9.59 Å². The molecule has 1 aromatic carbocycles. The molecule has 0 aliphatic heterocycles. The highest BCUT2D eigenvalue weighted by atomic mass is 32.1. The van der Waals surface area contributed by atoms with Crippen LogP contribution in [-0.4, -0.2) is 23.9 Å². The van der Waals surface area contributed by atoms with Crippen molar-refractivity contribution in [2.24, 2.45) is 5.73 Å². The SMILES string of the molecule is CN(Cc1ccsc1)C(=O)Nc1cccc(C(N)=O)c1. The largest absolute Gasteiger partial charge is 0.366 e. The van der Waals surface area contributed by atoms with Gasteiger partial charge < -0.3 is 16.0 Å². The van der Waals surface area contributed by atoms with Gasteiger partial charge in [-0.05, 0) is 40.6 Å². The van der Waals surface area contributed by atoms with E-state index in [-0.39, 0.29) is 6.03 Å². The molecule has 2 aromatic rings. The number of primary amides is 1. The Morgan fingerprint density at radius 3 is 2.80 bits per heavy atom. The summed E-state index contributed by atoms with van der Waals surface area (Å²) >= 11 is 1.59. The monoisotopic (exact) mass is 289 g/mol. The van der Waals surface area contributed by atoms with Gasteiger partial charge in [0.15, 0.2) is 0 Å². The number of nitrogens with two attached hydrogens (primary N) is 1. The molecule has 0 saturated heterocycles. The van der Waals surface area contributed by atoms with Crippen LogP contribution in [0.4, 0.5) is 10.5 Å². The first-order chi connectivity index (χ1) is 9.56. The molecule has 1 aromatic heterocycles. The molecule has 5 nitrogen and oxygen atoms in total. The summed E-state index contributed by atoms with van der Waals surface area (Å²) in [4.78, 5) is 24.7. The minimum atomic E-state index is -0.521. The number of urea groups is 1. The zero-order valence-electron chi connectivity index (χ0n) is 11.0. The fourth-order valence-electron chi connectivity index (χ4n) is 1.70. The van der Waals surface area contributed by atoms with Crippen LogP contribution in [0.5, 0.6) is 0 Å². The summed E-state index contributed by atoms with van der Waals surface area (Å²) in [5.74, 6) is -0.521. The van der Waals surface area contributed by atoms with Crippen LogP contribution in [0, 0.1) is 0 Å². The molecule has 2 rings (SSSR count). The quantitative estimate of drug-likeness (QED) is 0.907. The normalized spacial score (nSPS) is 10.1. The predicted molar refractivity (Wildman–Crippen MR) is 79.8 cm³/mol. The second kappa shape index (κ2) is 6.21. The number of carbonyl (C=O) groups is 2. The molecule has 0 radical (unpaired) electrons. The molecule has 0 atom stereocenters. The Morgan fingerprint density at radius 1 is 1.35 bits per heavy atom. The lowest BCUT2D eigenvalue weighted by Crippen LogP contribution is -2.30. The molecule has 0 aliphatic rings. The smallest absolute Gasteiger partial charge is 0.321 e. The Morgan fingerprint density at radius 2 is 2.15 bits per heavy atom. The van der Waals surface area contributed by atoms with Crippen LogP contribution >= 0.6 is 11.3 Å². The third-order valence-electron chi connectivity index (χ3n) is 2.74. The molecule has 3 N–H and O–H groups in total. The van der Waals surface area contributed by atoms with E-state index < -0.39 is 5.91 Å². The summed E-state index contributed by atoms with van der Waals surface area (Å²) in [5, 5.41) is 6.70. The summed E-state index contributed by atoms with van der Waals surface area (Å²) < 4.78 is 0. The van der Waals surface area contributed by atoms with Crippen molar-refractivity contribution in [1.29, 1.82) is 0 Å². The van der Waals surface area contributed by atoms with Crippen molar-refractivity contribution in [1.82, 2.24) is 4.90 Å². The van der Waals surface area contributed by atoms with Gasteiger partial charge in [-0.25, -0.2) is 4.79 Å². The van der Waals surface area contributed by atoms with E-state index in [9.17, 15) is 9.59 Å². The van der Waals surface area contributed by atoms with Crippen molar-refractivity contribution in [2.75, 3.05) is 12.4 Å². The number of thiophene rings is 1. The lowest BCUT2D eigenvalue weighted by Gasteiger charge is -2.17. The molecular weight excluding hydrogens is 274 g/mol. The van der Waals surface area contributed by atoms with Gasteiger partial charge in [0.25, 0.3) is 0 Å². The summed E-state index contributed by atoms with van der Waals surface area (Å²) in [6.45, 7) is 0.533. The highest BCUT2D eigenvalue weighted by Gasteiger charge is 2.10. The van der Waals surface area contributed by atoms with Gasteiger partial charge in [-0.2, -0.15) is 11.3 Å². The molecular formula is C14H15N3O2S. The van der Waals surface area contributed by atoms with Crippen LogP contribution in [0.3, 0.4) is 0 Å². The number of hydrogen-bond acceptors (Lipinski definition) is 3. The summed E-state index contributed by atoms with van der Waals surface area (Å²) in [5.41, 5.74) is 7.19. The third-order valence-corrected chi connectivity index (χ3v) is 3.48. The molecule has 0 bridgehead atoms. The number of carbonyl (C=O) groups excluding carboxylic acids is 2. The van der Waals surface area contributed by atoms with Gasteiger partial charge in [0.05, 0.1) is 0 Å². The van der Waals surface area contributed by atoms with E-state index in [1.807, 2.05) is 16.8 Å². The van der Waals surface area contributed by atoms with E-state index in [0.29, 0.717) is 17.8 Å². The number of benzene rings is 1. The van der Waals surface area contributed by atoms with Gasteiger partial charge in [0, 0.05) is 24.8 Å². The maximum Gasteiger partial charge on any atom is 0.321 e. The second-order valence-corrected chi connectivity index (χ2v) is 5.14. The van der Waals surface area contributed by atoms with Crippen LogP contribution in [0.2, 0.25) is 0 Å². The van der Waals surface area contributed by atoms with E-state index in [2.05, 4.69) is 5.32 Å². The van der Waals surface area contributed by atoms with Gasteiger partial charge in [0.2, 0.25) is 5.91 Å². The van der Waals surface area contributed by atoms with E-state index in [0.717, 1.165) is 5.56 Å². The second-order valence-electron chi connectivity index (χ2n) is 4.36. The zero-order valence-corrected chi connectivity index (χ0v) is 11.8. The zero-order chi connectivity index (χ0) is 14.5. The molecule has 0 fully saturated rings. The van der Waals surface area contributed by atoms with Gasteiger partial charge >= 0.3 is 6.03 Å². The number of nitrogens with zero attached hydrogens (tertiary/aromatic N) is 1. The lowest BCUT2D eigenvalue weighted by molar-refractivity contribution is 0.100. The van der Waals surface area contributed by atoms with Gasteiger partial charge in [-0.1, -0.05) is 6.07 Å². The van der Waals surface area contributed by atoms with Crippen LogP contribution in [-0.2, 0) is 6.54 Å². The minimum absolute atomic E-state index is 0.238. The fraction of sp³-hybridized carbons (Fsp3) is 0.143. The highest BCUT2D eigenvalue weighted by molar-refractivity contribution is 7.07. The van der Waals surface area contributed by atoms with E-state index in [4.69, 9.17) is 5.73 Å². The summed E-state index contributed by atoms with van der Waals surface area (Å²) in [7, 11) is 1.71. The standard InChI is InChI=1S/C14H15N3O2S/c1-17(8-10-5-6-20-9-10)14(19)16-12-4-2-3-11(7-12)13(15)18/h2-7,9H,8H2,1H3,(H2,15,18)(H,16,19). The molecule has 0 saturated carbocycles. The van der Waals surface area contributed by atoms with Crippen LogP contribution in [0.1, 0.15) is 15.9 Å². The lowest BCUT2D eigenvalue weighted by atomic mass is 10.2. The molecule has 20 heavy (non-hydrogen) atoms. The summed E-state index contributed by atoms with van der Waals surface area (Å²) in [6.07, 6.45) is 0. The van der Waals surface area contributed by atoms with Crippen molar-refractivity contribution in [3.05, 3.63) is 52.2 Å². The average molecular weight is 289 g/mol.